The molecule has 0 radical (unpaired) electrons. The second-order valence-electron chi connectivity index (χ2n) is 9.70. The van der Waals surface area contributed by atoms with Gasteiger partial charge in [0, 0.05) is 18.7 Å². The van der Waals surface area contributed by atoms with Gasteiger partial charge in [0.05, 0.1) is 10.6 Å². The van der Waals surface area contributed by atoms with Crippen LogP contribution in [-0.2, 0) is 26.2 Å². The Morgan fingerprint density at radius 3 is 2.05 bits per heavy atom. The maximum Gasteiger partial charge on any atom is 0.264 e. The van der Waals surface area contributed by atoms with E-state index in [2.05, 4.69) is 5.32 Å². The highest BCUT2D eigenvalue weighted by Crippen LogP contribution is 2.27. The van der Waals surface area contributed by atoms with E-state index < -0.39 is 46.1 Å². The molecule has 1 N–H and O–H groups in total. The van der Waals surface area contributed by atoms with Gasteiger partial charge in [0.1, 0.15) is 24.2 Å². The molecule has 0 aromatic heterocycles. The van der Waals surface area contributed by atoms with Crippen LogP contribution in [0, 0.1) is 24.5 Å². The normalized spacial score (nSPS) is 12.2. The highest BCUT2D eigenvalue weighted by Gasteiger charge is 2.33. The van der Waals surface area contributed by atoms with E-state index >= 15 is 0 Å². The molecule has 0 bridgehead atoms. The summed E-state index contributed by atoms with van der Waals surface area (Å²) in [4.78, 5) is 27.7. The number of amides is 2. The molecule has 2 amide bonds. The quantitative estimate of drug-likeness (QED) is 0.372. The molecule has 0 spiro atoms. The first kappa shape index (κ1) is 29.8. The summed E-state index contributed by atoms with van der Waals surface area (Å²) in [5.74, 6) is -2.56. The Bertz CT molecular complexity index is 1410. The van der Waals surface area contributed by atoms with Crippen molar-refractivity contribution in [2.75, 3.05) is 17.4 Å². The SMILES string of the molecule is Cc1ccc(S(=O)(=O)N(CC(=O)N(Cc2ccccc2F)C(C)C(=O)NCC(C)C)c2ccccc2F)cc1. The number of nitrogens with zero attached hydrogens (tertiary/aromatic N) is 2. The topological polar surface area (TPSA) is 86.8 Å². The van der Waals surface area contributed by atoms with Crippen molar-refractivity contribution < 1.29 is 26.8 Å². The van der Waals surface area contributed by atoms with Gasteiger partial charge in [0.15, 0.2) is 0 Å². The van der Waals surface area contributed by atoms with Crippen molar-refractivity contribution in [3.05, 3.63) is 95.6 Å². The van der Waals surface area contributed by atoms with Crippen LogP contribution in [0.15, 0.2) is 77.7 Å². The number of rotatable bonds is 11. The Hall–Kier alpha value is -3.79. The minimum atomic E-state index is -4.40. The molecule has 3 rings (SSSR count). The Balaban J connectivity index is 2.03. The third kappa shape index (κ3) is 7.41. The van der Waals surface area contributed by atoms with Crippen LogP contribution >= 0.6 is 0 Å². The van der Waals surface area contributed by atoms with Gasteiger partial charge in [-0.15, -0.1) is 0 Å². The number of carbonyl (C=O) groups excluding carboxylic acids is 2. The number of benzene rings is 3. The lowest BCUT2D eigenvalue weighted by Crippen LogP contribution is -2.51. The zero-order valence-electron chi connectivity index (χ0n) is 22.4. The maximum absolute atomic E-state index is 14.9. The average molecular weight is 558 g/mol. The highest BCUT2D eigenvalue weighted by molar-refractivity contribution is 7.92. The fraction of sp³-hybridized carbons (Fsp3) is 0.310. The molecule has 7 nitrogen and oxygen atoms in total. The van der Waals surface area contributed by atoms with Crippen molar-refractivity contribution in [2.45, 2.75) is 45.2 Å². The Morgan fingerprint density at radius 1 is 0.872 bits per heavy atom. The summed E-state index contributed by atoms with van der Waals surface area (Å²) in [6.45, 7) is 6.35. The average Bonchev–Trinajstić information content (AvgIpc) is 2.90. The van der Waals surface area contributed by atoms with Gasteiger partial charge >= 0.3 is 0 Å². The molecule has 0 saturated heterocycles. The largest absolute Gasteiger partial charge is 0.354 e. The van der Waals surface area contributed by atoms with Crippen LogP contribution < -0.4 is 9.62 Å². The minimum absolute atomic E-state index is 0.132. The summed E-state index contributed by atoms with van der Waals surface area (Å²) in [5.41, 5.74) is 0.641. The van der Waals surface area contributed by atoms with E-state index in [4.69, 9.17) is 0 Å². The van der Waals surface area contributed by atoms with Crippen molar-refractivity contribution in [3.63, 3.8) is 0 Å². The molecule has 208 valence electrons. The van der Waals surface area contributed by atoms with E-state index in [0.717, 1.165) is 16.5 Å². The van der Waals surface area contributed by atoms with E-state index in [-0.39, 0.29) is 28.6 Å². The van der Waals surface area contributed by atoms with Gasteiger partial charge < -0.3 is 10.2 Å². The molecule has 0 fully saturated rings. The third-order valence-electron chi connectivity index (χ3n) is 6.16. The zero-order chi connectivity index (χ0) is 28.7. The monoisotopic (exact) mass is 557 g/mol. The first-order valence-corrected chi connectivity index (χ1v) is 14.0. The number of nitrogens with one attached hydrogen (secondary N) is 1. The summed E-state index contributed by atoms with van der Waals surface area (Å²) in [6, 6.07) is 15.9. The number of halogens is 2. The first-order valence-electron chi connectivity index (χ1n) is 12.6. The smallest absolute Gasteiger partial charge is 0.264 e. The number of anilines is 1. The first-order chi connectivity index (χ1) is 18.4. The van der Waals surface area contributed by atoms with E-state index in [1.54, 1.807) is 25.1 Å². The molecule has 3 aromatic rings. The van der Waals surface area contributed by atoms with Crippen molar-refractivity contribution in [3.8, 4) is 0 Å². The summed E-state index contributed by atoms with van der Waals surface area (Å²) in [6.07, 6.45) is 0. The number of aryl methyl sites for hydroxylation is 1. The lowest BCUT2D eigenvalue weighted by Gasteiger charge is -2.32. The number of para-hydroxylation sites is 1. The maximum atomic E-state index is 14.9. The standard InChI is InChI=1S/C29H33F2N3O4S/c1-20(2)17-32-29(36)22(4)33(18-23-9-5-6-10-25(23)30)28(35)19-34(27-12-8-7-11-26(27)31)39(37,38)24-15-13-21(3)14-16-24/h5-16,20,22H,17-19H2,1-4H3,(H,32,36). The van der Waals surface area contributed by atoms with Gasteiger partial charge in [-0.3, -0.25) is 13.9 Å². The summed E-state index contributed by atoms with van der Waals surface area (Å²) in [5, 5.41) is 2.75. The fourth-order valence-electron chi connectivity index (χ4n) is 3.85. The Morgan fingerprint density at radius 2 is 1.46 bits per heavy atom. The van der Waals surface area contributed by atoms with E-state index in [0.29, 0.717) is 10.8 Å². The van der Waals surface area contributed by atoms with Crippen LogP contribution in [0.3, 0.4) is 0 Å². The van der Waals surface area contributed by atoms with Crippen LogP contribution in [0.4, 0.5) is 14.5 Å². The molecule has 3 aromatic carbocycles. The number of carbonyl (C=O) groups is 2. The van der Waals surface area contributed by atoms with Crippen molar-refractivity contribution in [1.29, 1.82) is 0 Å². The predicted octanol–water partition coefficient (Wildman–Crippen LogP) is 4.66. The van der Waals surface area contributed by atoms with Crippen LogP contribution in [0.25, 0.3) is 0 Å². The van der Waals surface area contributed by atoms with Crippen LogP contribution in [0.1, 0.15) is 31.9 Å². The van der Waals surface area contributed by atoms with Gasteiger partial charge in [-0.1, -0.05) is 61.9 Å². The lowest BCUT2D eigenvalue weighted by atomic mass is 10.1. The summed E-state index contributed by atoms with van der Waals surface area (Å²) >= 11 is 0. The lowest BCUT2D eigenvalue weighted by molar-refractivity contribution is -0.139. The van der Waals surface area contributed by atoms with Gasteiger partial charge in [-0.25, -0.2) is 17.2 Å². The summed E-state index contributed by atoms with van der Waals surface area (Å²) < 4.78 is 57.6. The van der Waals surface area contributed by atoms with Gasteiger partial charge in [-0.05, 0) is 50.1 Å². The fourth-order valence-corrected chi connectivity index (χ4v) is 5.27. The number of sulfonamides is 1. The number of hydrogen-bond acceptors (Lipinski definition) is 4. The molecular weight excluding hydrogens is 524 g/mol. The molecular formula is C29H33F2N3O4S. The molecule has 0 aliphatic heterocycles. The predicted molar refractivity (Wildman–Crippen MR) is 146 cm³/mol. The Kier molecular flexibility index (Phi) is 9.80. The third-order valence-corrected chi connectivity index (χ3v) is 7.93. The molecule has 1 unspecified atom stereocenters. The molecule has 0 saturated carbocycles. The van der Waals surface area contributed by atoms with Crippen LogP contribution in [-0.4, -0.2) is 44.3 Å². The number of hydrogen-bond donors (Lipinski definition) is 1. The van der Waals surface area contributed by atoms with Gasteiger partial charge in [-0.2, -0.15) is 0 Å². The van der Waals surface area contributed by atoms with Gasteiger partial charge in [0.2, 0.25) is 11.8 Å². The molecule has 0 aliphatic carbocycles. The molecule has 39 heavy (non-hydrogen) atoms. The van der Waals surface area contributed by atoms with Crippen LogP contribution in [0.2, 0.25) is 0 Å². The highest BCUT2D eigenvalue weighted by atomic mass is 32.2. The van der Waals surface area contributed by atoms with Crippen molar-refractivity contribution >= 4 is 27.5 Å². The second-order valence-corrected chi connectivity index (χ2v) is 11.6. The molecule has 1 atom stereocenters. The van der Waals surface area contributed by atoms with Crippen LogP contribution in [0.5, 0.6) is 0 Å². The van der Waals surface area contributed by atoms with E-state index in [1.165, 1.54) is 55.5 Å². The summed E-state index contributed by atoms with van der Waals surface area (Å²) in [7, 11) is -4.40. The molecule has 0 aliphatic rings. The zero-order valence-corrected chi connectivity index (χ0v) is 23.2. The molecule has 10 heteroatoms. The van der Waals surface area contributed by atoms with E-state index in [1.807, 2.05) is 13.8 Å². The second kappa shape index (κ2) is 12.8. The van der Waals surface area contributed by atoms with Crippen molar-refractivity contribution in [2.24, 2.45) is 5.92 Å². The Labute approximate surface area is 228 Å². The minimum Gasteiger partial charge on any atom is -0.354 e. The molecule has 0 heterocycles. The van der Waals surface area contributed by atoms with Crippen molar-refractivity contribution in [1.82, 2.24) is 10.2 Å². The van der Waals surface area contributed by atoms with E-state index in [9.17, 15) is 26.8 Å². The van der Waals surface area contributed by atoms with Gasteiger partial charge in [0.25, 0.3) is 10.0 Å².